The highest BCUT2D eigenvalue weighted by atomic mass is 16.5. The zero-order chi connectivity index (χ0) is 13.5. The molecule has 0 aliphatic heterocycles. The van der Waals surface area contributed by atoms with Gasteiger partial charge in [0.1, 0.15) is 0 Å². The molecule has 1 atom stereocenters. The number of aromatic nitrogens is 3. The largest absolute Gasteiger partial charge is 0.339 e. The summed E-state index contributed by atoms with van der Waals surface area (Å²) in [5.41, 5.74) is 0.951. The fraction of sp³-hybridized carbons (Fsp3) is 0.500. The van der Waals surface area contributed by atoms with Crippen molar-refractivity contribution in [2.75, 3.05) is 6.54 Å². The fourth-order valence-corrected chi connectivity index (χ4v) is 1.83. The standard InChI is InChI=1S/C14H20N4O/c1-3-7-15-11(2)9-14-17-13(18-19-14)10-12-6-4-5-8-16-12/h4-6,8,11,15H,3,7,9-10H2,1-2H3. The van der Waals surface area contributed by atoms with Crippen LogP contribution in [0.2, 0.25) is 0 Å². The second-order valence-electron chi connectivity index (χ2n) is 4.66. The number of nitrogens with zero attached hydrogens (tertiary/aromatic N) is 3. The minimum absolute atomic E-state index is 0.350. The van der Waals surface area contributed by atoms with Gasteiger partial charge in [-0.15, -0.1) is 0 Å². The number of nitrogens with one attached hydrogen (secondary N) is 1. The van der Waals surface area contributed by atoms with E-state index in [1.165, 1.54) is 0 Å². The highest BCUT2D eigenvalue weighted by molar-refractivity contribution is 5.09. The average molecular weight is 260 g/mol. The third kappa shape index (κ3) is 4.44. The van der Waals surface area contributed by atoms with Gasteiger partial charge in [0.25, 0.3) is 0 Å². The molecule has 0 aliphatic rings. The molecule has 5 nitrogen and oxygen atoms in total. The molecule has 0 bridgehead atoms. The van der Waals surface area contributed by atoms with Crippen molar-refractivity contribution in [1.29, 1.82) is 0 Å². The summed E-state index contributed by atoms with van der Waals surface area (Å²) in [7, 11) is 0. The van der Waals surface area contributed by atoms with Crippen LogP contribution in [0.25, 0.3) is 0 Å². The van der Waals surface area contributed by atoms with E-state index in [1.54, 1.807) is 6.20 Å². The van der Waals surface area contributed by atoms with Crippen molar-refractivity contribution in [2.45, 2.75) is 39.2 Å². The maximum atomic E-state index is 5.26. The van der Waals surface area contributed by atoms with Crippen LogP contribution in [0.5, 0.6) is 0 Å². The van der Waals surface area contributed by atoms with Crippen LogP contribution in [0.15, 0.2) is 28.9 Å². The van der Waals surface area contributed by atoms with Crippen molar-refractivity contribution in [3.05, 3.63) is 41.8 Å². The molecule has 0 fully saturated rings. The summed E-state index contributed by atoms with van der Waals surface area (Å²) in [6.45, 7) is 5.28. The molecular weight excluding hydrogens is 240 g/mol. The Morgan fingerprint density at radius 3 is 3.00 bits per heavy atom. The summed E-state index contributed by atoms with van der Waals surface area (Å²) in [6, 6.07) is 6.16. The zero-order valence-electron chi connectivity index (χ0n) is 11.5. The second-order valence-corrected chi connectivity index (χ2v) is 4.66. The van der Waals surface area contributed by atoms with Crippen LogP contribution in [0.3, 0.4) is 0 Å². The number of pyridine rings is 1. The van der Waals surface area contributed by atoms with Crippen molar-refractivity contribution in [2.24, 2.45) is 0 Å². The van der Waals surface area contributed by atoms with Gasteiger partial charge in [-0.25, -0.2) is 0 Å². The van der Waals surface area contributed by atoms with Crippen LogP contribution in [-0.4, -0.2) is 27.7 Å². The van der Waals surface area contributed by atoms with Crippen LogP contribution in [0.4, 0.5) is 0 Å². The topological polar surface area (TPSA) is 63.8 Å². The monoisotopic (exact) mass is 260 g/mol. The van der Waals surface area contributed by atoms with E-state index in [1.807, 2.05) is 18.2 Å². The molecule has 102 valence electrons. The normalized spacial score (nSPS) is 12.5. The Labute approximate surface area is 113 Å². The lowest BCUT2D eigenvalue weighted by atomic mass is 10.2. The lowest BCUT2D eigenvalue weighted by Gasteiger charge is -2.09. The predicted octanol–water partition coefficient (Wildman–Crippen LogP) is 1.99. The van der Waals surface area contributed by atoms with Crippen molar-refractivity contribution >= 4 is 0 Å². The van der Waals surface area contributed by atoms with E-state index < -0.39 is 0 Å². The Morgan fingerprint density at radius 1 is 1.37 bits per heavy atom. The quantitative estimate of drug-likeness (QED) is 0.824. The first-order valence-electron chi connectivity index (χ1n) is 6.72. The molecule has 1 unspecified atom stereocenters. The summed E-state index contributed by atoms with van der Waals surface area (Å²) in [6.07, 6.45) is 4.27. The number of hydrogen-bond acceptors (Lipinski definition) is 5. The van der Waals surface area contributed by atoms with Crippen molar-refractivity contribution < 1.29 is 4.52 Å². The Bertz CT molecular complexity index is 483. The van der Waals surface area contributed by atoms with E-state index in [9.17, 15) is 0 Å². The molecule has 0 spiro atoms. The molecule has 0 aromatic carbocycles. The molecule has 0 radical (unpaired) electrons. The van der Waals surface area contributed by atoms with Gasteiger partial charge in [-0.05, 0) is 32.0 Å². The minimum atomic E-state index is 0.350. The fourth-order valence-electron chi connectivity index (χ4n) is 1.83. The summed E-state index contributed by atoms with van der Waals surface area (Å²) >= 11 is 0. The lowest BCUT2D eigenvalue weighted by molar-refractivity contribution is 0.358. The van der Waals surface area contributed by atoms with E-state index in [-0.39, 0.29) is 0 Å². The van der Waals surface area contributed by atoms with Gasteiger partial charge in [0.2, 0.25) is 5.89 Å². The Balaban J connectivity index is 1.88. The summed E-state index contributed by atoms with van der Waals surface area (Å²) in [4.78, 5) is 8.65. The first-order valence-corrected chi connectivity index (χ1v) is 6.72. The van der Waals surface area contributed by atoms with Crippen molar-refractivity contribution in [1.82, 2.24) is 20.4 Å². The molecule has 2 heterocycles. The van der Waals surface area contributed by atoms with E-state index >= 15 is 0 Å². The van der Waals surface area contributed by atoms with Gasteiger partial charge in [-0.1, -0.05) is 18.1 Å². The van der Waals surface area contributed by atoms with Gasteiger partial charge in [0.15, 0.2) is 5.82 Å². The van der Waals surface area contributed by atoms with Gasteiger partial charge in [-0.3, -0.25) is 4.98 Å². The molecule has 19 heavy (non-hydrogen) atoms. The van der Waals surface area contributed by atoms with Crippen LogP contribution in [0.1, 0.15) is 37.7 Å². The molecule has 0 saturated carbocycles. The molecule has 2 aromatic heterocycles. The molecule has 0 aliphatic carbocycles. The first-order chi connectivity index (χ1) is 9.28. The zero-order valence-corrected chi connectivity index (χ0v) is 11.5. The Morgan fingerprint density at radius 2 is 2.26 bits per heavy atom. The molecule has 1 N–H and O–H groups in total. The summed E-state index contributed by atoms with van der Waals surface area (Å²) in [5, 5.41) is 7.39. The highest BCUT2D eigenvalue weighted by Crippen LogP contribution is 2.06. The predicted molar refractivity (Wildman–Crippen MR) is 72.8 cm³/mol. The second kappa shape index (κ2) is 6.99. The lowest BCUT2D eigenvalue weighted by Crippen LogP contribution is -2.28. The Kier molecular flexibility index (Phi) is 5.03. The van der Waals surface area contributed by atoms with Crippen molar-refractivity contribution in [3.63, 3.8) is 0 Å². The molecule has 5 heteroatoms. The van der Waals surface area contributed by atoms with Crippen LogP contribution in [-0.2, 0) is 12.8 Å². The molecule has 0 saturated heterocycles. The van der Waals surface area contributed by atoms with Gasteiger partial charge in [0, 0.05) is 24.4 Å². The van der Waals surface area contributed by atoms with Gasteiger partial charge in [0.05, 0.1) is 6.42 Å². The van der Waals surface area contributed by atoms with E-state index in [0.717, 1.165) is 25.1 Å². The maximum Gasteiger partial charge on any atom is 0.228 e. The summed E-state index contributed by atoms with van der Waals surface area (Å²) in [5.74, 6) is 1.37. The van der Waals surface area contributed by atoms with E-state index in [4.69, 9.17) is 4.52 Å². The van der Waals surface area contributed by atoms with Crippen molar-refractivity contribution in [3.8, 4) is 0 Å². The number of rotatable bonds is 7. The molecule has 0 amide bonds. The SMILES string of the molecule is CCCNC(C)Cc1nc(Cc2ccccn2)no1. The summed E-state index contributed by atoms with van der Waals surface area (Å²) < 4.78 is 5.26. The average Bonchev–Trinajstić information content (AvgIpc) is 2.85. The Hall–Kier alpha value is -1.75. The number of hydrogen-bond donors (Lipinski definition) is 1. The highest BCUT2D eigenvalue weighted by Gasteiger charge is 2.10. The third-order valence-corrected chi connectivity index (χ3v) is 2.80. The van der Waals surface area contributed by atoms with E-state index in [0.29, 0.717) is 24.2 Å². The molecular formula is C14H20N4O. The first kappa shape index (κ1) is 13.7. The smallest absolute Gasteiger partial charge is 0.228 e. The van der Waals surface area contributed by atoms with Gasteiger partial charge < -0.3 is 9.84 Å². The molecule has 2 rings (SSSR count). The maximum absolute atomic E-state index is 5.26. The third-order valence-electron chi connectivity index (χ3n) is 2.80. The minimum Gasteiger partial charge on any atom is -0.339 e. The van der Waals surface area contributed by atoms with Crippen LogP contribution >= 0.6 is 0 Å². The van der Waals surface area contributed by atoms with Crippen LogP contribution in [0, 0.1) is 0 Å². The van der Waals surface area contributed by atoms with E-state index in [2.05, 4.69) is 34.3 Å². The molecule has 2 aromatic rings. The van der Waals surface area contributed by atoms with Gasteiger partial charge in [-0.2, -0.15) is 4.98 Å². The van der Waals surface area contributed by atoms with Gasteiger partial charge >= 0.3 is 0 Å². The van der Waals surface area contributed by atoms with Crippen LogP contribution < -0.4 is 5.32 Å².